The van der Waals surface area contributed by atoms with Crippen molar-refractivity contribution >= 4 is 16.8 Å². The van der Waals surface area contributed by atoms with Gasteiger partial charge in [-0.2, -0.15) is 0 Å². The van der Waals surface area contributed by atoms with Gasteiger partial charge in [0.1, 0.15) is 11.3 Å². The third-order valence-corrected chi connectivity index (χ3v) is 10.7. The molecule has 5 aromatic rings. The van der Waals surface area contributed by atoms with Crippen molar-refractivity contribution in [3.63, 3.8) is 0 Å². The van der Waals surface area contributed by atoms with Gasteiger partial charge in [-0.3, -0.25) is 9.69 Å². The quantitative estimate of drug-likeness (QED) is 0.239. The van der Waals surface area contributed by atoms with Crippen LogP contribution in [0.2, 0.25) is 0 Å². The highest BCUT2D eigenvalue weighted by molar-refractivity contribution is 6.06. The van der Waals surface area contributed by atoms with Crippen LogP contribution in [0.1, 0.15) is 57.9 Å². The number of carbonyl (C=O) groups is 1. The Morgan fingerprint density at radius 3 is 2.36 bits per heavy atom. The number of ketones is 1. The number of fused-ring (bicyclic) bond motifs is 10. The zero-order valence-corrected chi connectivity index (χ0v) is 23.6. The van der Waals surface area contributed by atoms with Gasteiger partial charge >= 0.3 is 0 Å². The minimum atomic E-state index is -0.750. The standard InChI is InChI=1S/C37H31N3O2/c1-42-25-18-16-24(17-19-25)32-31-15-8-22-40(31)37(36(32)21-20-23-9-2-3-10-26(23)35(36)41)28-12-5-4-11-27(28)33-34(37)39-30-14-7-6-13-29(30)38-33/h2-7,9-14,16-19,31-32H,8,15,20-22H2,1H3/t31-,32-,36-,37+/m1/s1. The number of para-hydroxylation sites is 2. The molecular formula is C37H31N3O2. The molecular weight excluding hydrogens is 518 g/mol. The lowest BCUT2D eigenvalue weighted by Crippen LogP contribution is -2.57. The lowest BCUT2D eigenvalue weighted by Gasteiger charge is -2.50. The highest BCUT2D eigenvalue weighted by atomic mass is 16.5. The Morgan fingerprint density at radius 1 is 0.833 bits per heavy atom. The van der Waals surface area contributed by atoms with E-state index < -0.39 is 11.0 Å². The first-order valence-corrected chi connectivity index (χ1v) is 15.1. The number of methoxy groups -OCH3 is 1. The van der Waals surface area contributed by atoms with Crippen LogP contribution in [0.3, 0.4) is 0 Å². The van der Waals surface area contributed by atoms with Gasteiger partial charge in [0.2, 0.25) is 0 Å². The molecule has 3 heterocycles. The molecule has 1 aromatic heterocycles. The Hall–Kier alpha value is -4.35. The fourth-order valence-corrected chi connectivity index (χ4v) is 9.29. The van der Waals surface area contributed by atoms with Crippen LogP contribution in [0.4, 0.5) is 0 Å². The Kier molecular flexibility index (Phi) is 4.96. The van der Waals surface area contributed by atoms with Crippen LogP contribution in [-0.2, 0) is 12.0 Å². The van der Waals surface area contributed by atoms with Crippen LogP contribution in [0, 0.1) is 5.41 Å². The predicted molar refractivity (Wildman–Crippen MR) is 163 cm³/mol. The van der Waals surface area contributed by atoms with Crippen molar-refractivity contribution in [2.24, 2.45) is 5.41 Å². The average Bonchev–Trinajstić information content (AvgIpc) is 3.69. The largest absolute Gasteiger partial charge is 0.497 e. The van der Waals surface area contributed by atoms with E-state index in [1.807, 2.05) is 24.3 Å². The predicted octanol–water partition coefficient (Wildman–Crippen LogP) is 6.94. The summed E-state index contributed by atoms with van der Waals surface area (Å²) in [6, 6.07) is 33.8. The van der Waals surface area contributed by atoms with Crippen molar-refractivity contribution in [2.75, 3.05) is 13.7 Å². The molecule has 42 heavy (non-hydrogen) atoms. The summed E-state index contributed by atoms with van der Waals surface area (Å²) in [5.74, 6) is 1.08. The van der Waals surface area contributed by atoms with Crippen LogP contribution >= 0.6 is 0 Å². The molecule has 5 nitrogen and oxygen atoms in total. The summed E-state index contributed by atoms with van der Waals surface area (Å²) < 4.78 is 5.55. The van der Waals surface area contributed by atoms with E-state index in [9.17, 15) is 0 Å². The topological polar surface area (TPSA) is 55.3 Å². The SMILES string of the molecule is COc1ccc([C@@H]2[C@H]3CCCN3[C@]3(c4ccccc4-c4nc5ccccc5nc43)[C@]23CCc2ccccc2C3=O)cc1. The molecule has 4 atom stereocenters. The van der Waals surface area contributed by atoms with Gasteiger partial charge in [0.25, 0.3) is 0 Å². The summed E-state index contributed by atoms with van der Waals surface area (Å²) in [4.78, 5) is 29.0. The molecule has 0 amide bonds. The number of carbonyl (C=O) groups excluding carboxylic acids is 1. The zero-order valence-electron chi connectivity index (χ0n) is 23.6. The zero-order chi connectivity index (χ0) is 28.1. The number of hydrogen-bond donors (Lipinski definition) is 0. The molecule has 2 fully saturated rings. The summed E-state index contributed by atoms with van der Waals surface area (Å²) in [5, 5.41) is 0. The number of Topliss-reactive ketones (excluding diaryl/α,β-unsaturated/α-hetero) is 1. The van der Waals surface area contributed by atoms with Gasteiger partial charge in [-0.05, 0) is 73.2 Å². The van der Waals surface area contributed by atoms with Gasteiger partial charge in [-0.15, -0.1) is 0 Å². The van der Waals surface area contributed by atoms with Crippen molar-refractivity contribution in [3.8, 4) is 17.0 Å². The lowest BCUT2D eigenvalue weighted by molar-refractivity contribution is 0.0385. The van der Waals surface area contributed by atoms with Crippen molar-refractivity contribution in [1.82, 2.24) is 14.9 Å². The Labute approximate surface area is 245 Å². The normalized spacial score (nSPS) is 27.3. The van der Waals surface area contributed by atoms with E-state index in [0.717, 1.165) is 77.1 Å². The Bertz CT molecular complexity index is 1920. The summed E-state index contributed by atoms with van der Waals surface area (Å²) in [6.07, 6.45) is 3.76. The second-order valence-electron chi connectivity index (χ2n) is 12.3. The molecule has 2 aliphatic heterocycles. The molecule has 2 spiro atoms. The number of hydrogen-bond acceptors (Lipinski definition) is 5. The van der Waals surface area contributed by atoms with Gasteiger partial charge < -0.3 is 4.74 Å². The van der Waals surface area contributed by atoms with Gasteiger partial charge in [0.05, 0.1) is 34.9 Å². The van der Waals surface area contributed by atoms with Crippen molar-refractivity contribution in [3.05, 3.63) is 125 Å². The fraction of sp³-hybridized carbons (Fsp3) is 0.270. The second kappa shape index (κ2) is 8.59. The van der Waals surface area contributed by atoms with Crippen molar-refractivity contribution in [1.29, 1.82) is 0 Å². The van der Waals surface area contributed by atoms with Gasteiger partial charge in [-0.1, -0.05) is 72.8 Å². The van der Waals surface area contributed by atoms with Gasteiger partial charge in [-0.25, -0.2) is 9.97 Å². The number of rotatable bonds is 2. The molecule has 0 saturated carbocycles. The second-order valence-corrected chi connectivity index (χ2v) is 12.3. The summed E-state index contributed by atoms with van der Waals surface area (Å²) in [6.45, 7) is 0.927. The number of benzene rings is 4. The number of aryl methyl sites for hydroxylation is 1. The summed E-state index contributed by atoms with van der Waals surface area (Å²) in [7, 11) is 1.71. The van der Waals surface area contributed by atoms with E-state index in [1.54, 1.807) is 7.11 Å². The minimum absolute atomic E-state index is 0.000890. The first-order chi connectivity index (χ1) is 20.7. The molecule has 5 heteroatoms. The lowest BCUT2D eigenvalue weighted by atomic mass is 9.52. The molecule has 0 N–H and O–H groups in total. The minimum Gasteiger partial charge on any atom is -0.497 e. The van der Waals surface area contributed by atoms with E-state index in [2.05, 4.69) is 77.7 Å². The highest BCUT2D eigenvalue weighted by Crippen LogP contribution is 2.72. The van der Waals surface area contributed by atoms with Gasteiger partial charge in [0.15, 0.2) is 5.78 Å². The van der Waals surface area contributed by atoms with E-state index in [-0.39, 0.29) is 17.7 Å². The van der Waals surface area contributed by atoms with Crippen LogP contribution < -0.4 is 4.74 Å². The molecule has 206 valence electrons. The van der Waals surface area contributed by atoms with Crippen LogP contribution in [0.15, 0.2) is 97.1 Å². The molecule has 0 bridgehead atoms. The van der Waals surface area contributed by atoms with Gasteiger partial charge in [0, 0.05) is 23.1 Å². The van der Waals surface area contributed by atoms with Crippen LogP contribution in [-0.4, -0.2) is 40.3 Å². The Morgan fingerprint density at radius 2 is 1.55 bits per heavy atom. The van der Waals surface area contributed by atoms with E-state index in [4.69, 9.17) is 14.7 Å². The number of nitrogens with zero attached hydrogens (tertiary/aromatic N) is 3. The monoisotopic (exact) mass is 549 g/mol. The molecule has 2 saturated heterocycles. The van der Waals surface area contributed by atoms with E-state index in [1.165, 1.54) is 11.1 Å². The summed E-state index contributed by atoms with van der Waals surface area (Å²) >= 11 is 0. The Balaban J connectivity index is 1.43. The molecule has 4 aromatic carbocycles. The molecule has 0 radical (unpaired) electrons. The molecule has 0 unspecified atom stereocenters. The van der Waals surface area contributed by atoms with E-state index >= 15 is 4.79 Å². The van der Waals surface area contributed by atoms with Crippen LogP contribution in [0.25, 0.3) is 22.3 Å². The first-order valence-electron chi connectivity index (χ1n) is 15.1. The molecule has 4 aliphatic rings. The third kappa shape index (κ3) is 2.80. The number of aromatic nitrogens is 2. The summed E-state index contributed by atoms with van der Waals surface area (Å²) in [5.41, 5.74) is 7.70. The third-order valence-electron chi connectivity index (χ3n) is 10.7. The smallest absolute Gasteiger partial charge is 0.172 e. The van der Waals surface area contributed by atoms with Crippen molar-refractivity contribution in [2.45, 2.75) is 43.2 Å². The maximum Gasteiger partial charge on any atom is 0.172 e. The number of ether oxygens (including phenoxy) is 1. The maximum absolute atomic E-state index is 15.5. The molecule has 2 aliphatic carbocycles. The van der Waals surface area contributed by atoms with Crippen molar-refractivity contribution < 1.29 is 9.53 Å². The maximum atomic E-state index is 15.5. The highest BCUT2D eigenvalue weighted by Gasteiger charge is 2.76. The fourth-order valence-electron chi connectivity index (χ4n) is 9.29. The van der Waals surface area contributed by atoms with E-state index in [0.29, 0.717) is 0 Å². The average molecular weight is 550 g/mol. The first kappa shape index (κ1) is 24.3. The molecule has 9 rings (SSSR count). The van der Waals surface area contributed by atoms with Crippen LogP contribution in [0.5, 0.6) is 5.75 Å².